The lowest BCUT2D eigenvalue weighted by Gasteiger charge is -2.50. The first-order valence-corrected chi connectivity index (χ1v) is 10.4. The Morgan fingerprint density at radius 3 is 2.87 bits per heavy atom. The van der Waals surface area contributed by atoms with E-state index in [9.17, 15) is 14.0 Å². The molecule has 0 bridgehead atoms. The molecule has 4 atom stereocenters. The Morgan fingerprint density at radius 2 is 2.06 bits per heavy atom. The summed E-state index contributed by atoms with van der Waals surface area (Å²) in [4.78, 5) is 33.5. The summed E-state index contributed by atoms with van der Waals surface area (Å²) in [5.74, 6) is -3.33. The number of piperazine rings is 1. The van der Waals surface area contributed by atoms with Gasteiger partial charge in [-0.15, -0.1) is 0 Å². The molecule has 0 saturated carbocycles. The van der Waals surface area contributed by atoms with Crippen LogP contribution in [-0.4, -0.2) is 65.3 Å². The largest absolute Gasteiger partial charge is 0.450 e. The van der Waals surface area contributed by atoms with Crippen LogP contribution in [-0.2, 0) is 19.2 Å². The number of carbonyl (C=O) groups excluding carboxylic acids is 2. The Kier molecular flexibility index (Phi) is 3.92. The zero-order valence-electron chi connectivity index (χ0n) is 16.7. The van der Waals surface area contributed by atoms with Gasteiger partial charge in [-0.1, -0.05) is 11.2 Å². The summed E-state index contributed by atoms with van der Waals surface area (Å²) in [5, 5.41) is 6.79. The second-order valence-electron chi connectivity index (χ2n) is 8.55. The number of ether oxygens (including phenoxy) is 1. The minimum absolute atomic E-state index is 0.0192. The third kappa shape index (κ3) is 2.57. The zero-order chi connectivity index (χ0) is 21.4. The van der Waals surface area contributed by atoms with E-state index in [2.05, 4.69) is 10.5 Å². The number of nitrogens with zero attached hydrogens (tertiary/aromatic N) is 3. The molecule has 31 heavy (non-hydrogen) atoms. The molecule has 6 rings (SSSR count). The van der Waals surface area contributed by atoms with Crippen molar-refractivity contribution < 1.29 is 27.9 Å². The van der Waals surface area contributed by atoms with Crippen LogP contribution in [0.15, 0.2) is 51.6 Å². The Labute approximate surface area is 176 Å². The maximum Gasteiger partial charge on any atom is 0.265 e. The van der Waals surface area contributed by atoms with Crippen molar-refractivity contribution in [1.29, 1.82) is 0 Å². The monoisotopic (exact) mass is 430 g/mol. The lowest BCUT2D eigenvalue weighted by Crippen LogP contribution is -2.56. The third-order valence-electron chi connectivity index (χ3n) is 6.63. The number of carbonyl (C=O) groups is 2. The van der Waals surface area contributed by atoms with E-state index in [1.54, 1.807) is 17.1 Å². The standard InChI is InChI=1S/C21H20F2N4O4/c1-9-8-26(5-4-24-9)13-7-10-6-11-20(23)25-31-21(11)27-12-2-3-14(28)17(29)18(12)30-19(15(13)22)16(10)27/h6-7,9-10,16,21,24H,2-5,8H2,1H3. The minimum atomic E-state index is -0.923. The fourth-order valence-corrected chi connectivity index (χ4v) is 5.23. The number of rotatable bonds is 1. The summed E-state index contributed by atoms with van der Waals surface area (Å²) in [7, 11) is 0. The van der Waals surface area contributed by atoms with Crippen molar-refractivity contribution in [2.75, 3.05) is 19.6 Å². The second-order valence-corrected chi connectivity index (χ2v) is 8.55. The summed E-state index contributed by atoms with van der Waals surface area (Å²) in [6.07, 6.45) is 2.81. The molecule has 1 fully saturated rings. The van der Waals surface area contributed by atoms with Crippen LogP contribution in [0.2, 0.25) is 0 Å². The first kappa shape index (κ1) is 18.7. The lowest BCUT2D eigenvalue weighted by molar-refractivity contribution is -0.138. The molecular formula is C21H20F2N4O4. The molecule has 4 unspecified atom stereocenters. The molecule has 6 aliphatic rings. The van der Waals surface area contributed by atoms with E-state index in [0.717, 1.165) is 0 Å². The van der Waals surface area contributed by atoms with Gasteiger partial charge in [0.15, 0.2) is 17.3 Å². The van der Waals surface area contributed by atoms with Crippen LogP contribution in [0, 0.1) is 5.92 Å². The van der Waals surface area contributed by atoms with E-state index in [4.69, 9.17) is 9.57 Å². The molecule has 1 saturated heterocycles. The quantitative estimate of drug-likeness (QED) is 0.630. The highest BCUT2D eigenvalue weighted by atomic mass is 19.1. The van der Waals surface area contributed by atoms with Crippen molar-refractivity contribution in [1.82, 2.24) is 15.1 Å². The van der Waals surface area contributed by atoms with Crippen LogP contribution in [0.4, 0.5) is 8.78 Å². The molecule has 8 nitrogen and oxygen atoms in total. The number of Topliss-reactive ketones (excluding diaryl/α,β-unsaturated/α-hetero) is 2. The lowest BCUT2D eigenvalue weighted by atomic mass is 9.81. The van der Waals surface area contributed by atoms with Gasteiger partial charge in [0.2, 0.25) is 12.0 Å². The van der Waals surface area contributed by atoms with Gasteiger partial charge in [0.1, 0.15) is 6.04 Å². The van der Waals surface area contributed by atoms with Crippen LogP contribution in [0.1, 0.15) is 19.8 Å². The zero-order valence-corrected chi connectivity index (χ0v) is 16.7. The highest BCUT2D eigenvalue weighted by Crippen LogP contribution is 2.49. The van der Waals surface area contributed by atoms with Crippen molar-refractivity contribution in [2.24, 2.45) is 11.1 Å². The van der Waals surface area contributed by atoms with Crippen LogP contribution in [0.5, 0.6) is 0 Å². The number of oxime groups is 1. The average Bonchev–Trinajstić information content (AvgIpc) is 3.13. The van der Waals surface area contributed by atoms with Crippen molar-refractivity contribution in [3.05, 3.63) is 46.5 Å². The van der Waals surface area contributed by atoms with Gasteiger partial charge in [-0.3, -0.25) is 9.59 Å². The summed E-state index contributed by atoms with van der Waals surface area (Å²) in [6, 6.07) is -0.471. The van der Waals surface area contributed by atoms with Crippen molar-refractivity contribution in [2.45, 2.75) is 38.1 Å². The van der Waals surface area contributed by atoms with Crippen LogP contribution in [0.25, 0.3) is 0 Å². The maximum atomic E-state index is 15.8. The average molecular weight is 430 g/mol. The molecule has 1 N–H and O–H groups in total. The normalized spacial score (nSPS) is 34.4. The van der Waals surface area contributed by atoms with Gasteiger partial charge in [-0.2, -0.15) is 4.39 Å². The Morgan fingerprint density at radius 1 is 1.23 bits per heavy atom. The molecule has 2 aliphatic carbocycles. The SMILES string of the molecule is CC1CN(C2=CC3C=C4C(F)=NOC4N4C5=C(OC(=C2F)C34)C(=O)C(=O)CC5)CCN1. The van der Waals surface area contributed by atoms with Crippen molar-refractivity contribution >= 4 is 17.5 Å². The molecule has 0 aromatic heterocycles. The van der Waals surface area contributed by atoms with Crippen LogP contribution < -0.4 is 5.32 Å². The number of halogens is 2. The predicted octanol–water partition coefficient (Wildman–Crippen LogP) is 1.40. The van der Waals surface area contributed by atoms with E-state index in [1.165, 1.54) is 0 Å². The molecule has 0 spiro atoms. The number of fused-ring (bicyclic) bond motifs is 3. The van der Waals surface area contributed by atoms with Crippen molar-refractivity contribution in [3.8, 4) is 0 Å². The summed E-state index contributed by atoms with van der Waals surface area (Å²) in [5.41, 5.74) is 1.03. The predicted molar refractivity (Wildman–Crippen MR) is 103 cm³/mol. The van der Waals surface area contributed by atoms with E-state index >= 15 is 4.39 Å². The van der Waals surface area contributed by atoms with Gasteiger partial charge in [0.25, 0.3) is 11.7 Å². The first-order valence-electron chi connectivity index (χ1n) is 10.4. The van der Waals surface area contributed by atoms with Gasteiger partial charge >= 0.3 is 0 Å². The molecule has 4 aliphatic heterocycles. The molecule has 0 radical (unpaired) electrons. The van der Waals surface area contributed by atoms with E-state index < -0.39 is 41.5 Å². The molecule has 0 aromatic rings. The second kappa shape index (κ2) is 6.49. The molecule has 0 aromatic carbocycles. The minimum Gasteiger partial charge on any atom is -0.450 e. The van der Waals surface area contributed by atoms with Gasteiger partial charge in [-0.05, 0) is 19.4 Å². The van der Waals surface area contributed by atoms with Gasteiger partial charge < -0.3 is 24.7 Å². The molecule has 162 valence electrons. The Bertz CT molecular complexity index is 1080. The number of hydrogen-bond acceptors (Lipinski definition) is 8. The Hall–Kier alpha value is -3.01. The summed E-state index contributed by atoms with van der Waals surface area (Å²) >= 11 is 0. The number of hydrogen-bond donors (Lipinski definition) is 1. The van der Waals surface area contributed by atoms with Crippen molar-refractivity contribution in [3.63, 3.8) is 0 Å². The smallest absolute Gasteiger partial charge is 0.265 e. The van der Waals surface area contributed by atoms with Gasteiger partial charge in [-0.25, -0.2) is 4.39 Å². The fourth-order valence-electron chi connectivity index (χ4n) is 5.23. The highest BCUT2D eigenvalue weighted by Gasteiger charge is 2.54. The number of allylic oxidation sites excluding steroid dienone is 3. The maximum absolute atomic E-state index is 15.8. The highest BCUT2D eigenvalue weighted by molar-refractivity contribution is 6.43. The summed E-state index contributed by atoms with van der Waals surface area (Å²) < 4.78 is 36.1. The topological polar surface area (TPSA) is 83.5 Å². The van der Waals surface area contributed by atoms with E-state index in [0.29, 0.717) is 31.0 Å². The van der Waals surface area contributed by atoms with E-state index in [-0.39, 0.29) is 36.0 Å². The summed E-state index contributed by atoms with van der Waals surface area (Å²) in [6.45, 7) is 3.90. The Balaban J connectivity index is 1.52. The molecule has 4 heterocycles. The van der Waals surface area contributed by atoms with Crippen LogP contribution in [0.3, 0.4) is 0 Å². The first-order chi connectivity index (χ1) is 14.9. The molecular weight excluding hydrogens is 410 g/mol. The molecule has 10 heteroatoms. The number of nitrogens with one attached hydrogen (secondary N) is 1. The van der Waals surface area contributed by atoms with Gasteiger partial charge in [0.05, 0.1) is 17.0 Å². The van der Waals surface area contributed by atoms with Crippen LogP contribution >= 0.6 is 0 Å². The van der Waals surface area contributed by atoms with Gasteiger partial charge in [0, 0.05) is 38.0 Å². The van der Waals surface area contributed by atoms with E-state index in [1.807, 2.05) is 11.8 Å². The number of ketones is 2. The molecule has 0 amide bonds. The third-order valence-corrected chi connectivity index (χ3v) is 6.63. The fraction of sp³-hybridized carbons (Fsp3) is 0.476.